The van der Waals surface area contributed by atoms with Crippen molar-refractivity contribution in [3.05, 3.63) is 103 Å². The second-order valence-corrected chi connectivity index (χ2v) is 9.13. The van der Waals surface area contributed by atoms with Crippen LogP contribution in [0.25, 0.3) is 5.69 Å². The average Bonchev–Trinajstić information content (AvgIpc) is 3.22. The van der Waals surface area contributed by atoms with Gasteiger partial charge < -0.3 is 4.74 Å². The maximum atomic E-state index is 12.9. The molecule has 3 aromatic carbocycles. The predicted molar refractivity (Wildman–Crippen MR) is 140 cm³/mol. The van der Waals surface area contributed by atoms with Gasteiger partial charge in [-0.2, -0.15) is 4.68 Å². The minimum Gasteiger partial charge on any atom is -0.457 e. The lowest BCUT2D eigenvalue weighted by atomic mass is 10.2. The normalized spacial score (nSPS) is 10.7. The molecule has 9 nitrogen and oxygen atoms in total. The Balaban J connectivity index is 1.53. The van der Waals surface area contributed by atoms with Gasteiger partial charge in [0.25, 0.3) is 0 Å². The topological polar surface area (TPSA) is 99.3 Å². The fourth-order valence-corrected chi connectivity index (χ4v) is 4.30. The van der Waals surface area contributed by atoms with E-state index in [4.69, 9.17) is 39.5 Å². The van der Waals surface area contributed by atoms with Crippen LogP contribution in [0.2, 0.25) is 15.1 Å². The Morgan fingerprint density at radius 1 is 0.914 bits per heavy atom. The van der Waals surface area contributed by atoms with E-state index in [1.807, 2.05) is 30.3 Å². The number of hydrogen-bond acceptors (Lipinski definition) is 6. The van der Waals surface area contributed by atoms with Crippen LogP contribution in [0.4, 0.5) is 10.5 Å². The molecule has 4 aromatic rings. The van der Waals surface area contributed by atoms with Crippen LogP contribution in [0, 0.1) is 0 Å². The molecule has 1 amide bonds. The molecule has 0 N–H and O–H groups in total. The molecule has 1 heterocycles. The summed E-state index contributed by atoms with van der Waals surface area (Å²) in [5.41, 5.74) is 0.465. The number of tetrazole rings is 1. The van der Waals surface area contributed by atoms with Crippen LogP contribution in [0.15, 0.2) is 71.5 Å². The zero-order chi connectivity index (χ0) is 25.1. The predicted octanol–water partition coefficient (Wildman–Crippen LogP) is 5.57. The number of para-hydroxylation sites is 1. The highest BCUT2D eigenvalue weighted by Gasteiger charge is 2.24. The van der Waals surface area contributed by atoms with E-state index in [0.29, 0.717) is 4.68 Å². The molecule has 0 atom stereocenters. The Bertz CT molecular complexity index is 1460. The number of carbonyl (C=O) groups excluding carboxylic acids is 2. The number of hydrogen-bond donors (Lipinski definition) is 0. The van der Waals surface area contributed by atoms with Crippen LogP contribution in [0.5, 0.6) is 0 Å². The van der Waals surface area contributed by atoms with Crippen molar-refractivity contribution in [2.75, 3.05) is 3.11 Å². The zero-order valence-corrected chi connectivity index (χ0v) is 21.9. The van der Waals surface area contributed by atoms with Crippen molar-refractivity contribution in [2.24, 2.45) is 0 Å². The van der Waals surface area contributed by atoms with Gasteiger partial charge in [-0.1, -0.05) is 71.2 Å². The third-order valence-corrected chi connectivity index (χ3v) is 6.58. The van der Waals surface area contributed by atoms with Crippen molar-refractivity contribution in [3.8, 4) is 5.69 Å². The van der Waals surface area contributed by atoms with Crippen molar-refractivity contribution in [2.45, 2.75) is 6.61 Å². The lowest BCUT2D eigenvalue weighted by molar-refractivity contribution is 0.0473. The van der Waals surface area contributed by atoms with Crippen LogP contribution in [0.3, 0.4) is 0 Å². The molecule has 35 heavy (non-hydrogen) atoms. The van der Waals surface area contributed by atoms with E-state index in [1.165, 1.54) is 30.3 Å². The van der Waals surface area contributed by atoms with E-state index in [1.54, 1.807) is 28.9 Å². The summed E-state index contributed by atoms with van der Waals surface area (Å²) in [5, 5.41) is 7.74. The van der Waals surface area contributed by atoms with Gasteiger partial charge in [0.2, 0.25) is 0 Å². The number of halogens is 4. The highest BCUT2D eigenvalue weighted by molar-refractivity contribution is 14.1. The molecule has 0 saturated carbocycles. The monoisotopic (exact) mass is 643 g/mol. The molecule has 0 bridgehead atoms. The number of anilines is 1. The first-order valence-corrected chi connectivity index (χ1v) is 11.9. The largest absolute Gasteiger partial charge is 0.457 e. The van der Waals surface area contributed by atoms with Gasteiger partial charge in [0.05, 0.1) is 49.2 Å². The lowest BCUT2D eigenvalue weighted by Gasteiger charge is -2.14. The van der Waals surface area contributed by atoms with Crippen molar-refractivity contribution >= 4 is 75.4 Å². The molecule has 0 saturated heterocycles. The minimum absolute atomic E-state index is 0.0638. The first kappa shape index (κ1) is 25.2. The summed E-state index contributed by atoms with van der Waals surface area (Å²) < 4.78 is 7.76. The van der Waals surface area contributed by atoms with E-state index in [2.05, 4.69) is 10.4 Å². The molecule has 4 rings (SSSR count). The summed E-state index contributed by atoms with van der Waals surface area (Å²) in [6.07, 6.45) is 0. The Hall–Kier alpha value is -2.93. The zero-order valence-electron chi connectivity index (χ0n) is 17.4. The smallest absolute Gasteiger partial charge is 0.377 e. The molecular formula is C22H13Cl3IN5O4. The Kier molecular flexibility index (Phi) is 7.75. The summed E-state index contributed by atoms with van der Waals surface area (Å²) in [6, 6.07) is 17.3. The summed E-state index contributed by atoms with van der Waals surface area (Å²) in [4.78, 5) is 38.2. The fraction of sp³-hybridized carbons (Fsp3) is 0.0455. The SMILES string of the molecule is O=C(OCc1ccccc1)c1ccc(N(I)C(=O)n2nnn(-c3c(Cl)cccc3Cl)c2=O)cc1Cl. The number of aromatic nitrogens is 4. The van der Waals surface area contributed by atoms with E-state index in [0.717, 1.165) is 13.4 Å². The molecule has 0 fully saturated rings. The molecule has 178 valence electrons. The number of amides is 1. The second kappa shape index (κ2) is 10.8. The summed E-state index contributed by atoms with van der Waals surface area (Å²) >= 11 is 20.2. The summed E-state index contributed by atoms with van der Waals surface area (Å²) in [7, 11) is 0. The lowest BCUT2D eigenvalue weighted by Crippen LogP contribution is -2.36. The molecule has 0 radical (unpaired) electrons. The van der Waals surface area contributed by atoms with Crippen LogP contribution in [-0.2, 0) is 11.3 Å². The van der Waals surface area contributed by atoms with Crippen LogP contribution < -0.4 is 8.80 Å². The van der Waals surface area contributed by atoms with Crippen molar-refractivity contribution in [3.63, 3.8) is 0 Å². The number of esters is 1. The Labute approximate surface area is 227 Å². The van der Waals surface area contributed by atoms with Crippen LogP contribution in [-0.4, -0.2) is 31.8 Å². The fourth-order valence-electron chi connectivity index (χ4n) is 2.98. The van der Waals surface area contributed by atoms with Crippen molar-refractivity contribution in [1.29, 1.82) is 0 Å². The van der Waals surface area contributed by atoms with Gasteiger partial charge in [-0.15, -0.1) is 4.68 Å². The van der Waals surface area contributed by atoms with Gasteiger partial charge in [0.15, 0.2) is 0 Å². The average molecular weight is 645 g/mol. The maximum absolute atomic E-state index is 12.9. The molecule has 1 aromatic heterocycles. The van der Waals surface area contributed by atoms with Crippen LogP contribution in [0.1, 0.15) is 15.9 Å². The van der Waals surface area contributed by atoms with Gasteiger partial charge in [-0.25, -0.2) is 17.5 Å². The van der Waals surface area contributed by atoms with E-state index in [-0.39, 0.29) is 38.6 Å². The van der Waals surface area contributed by atoms with Crippen LogP contribution >= 0.6 is 57.7 Å². The van der Waals surface area contributed by atoms with Gasteiger partial charge in [-0.3, -0.25) is 0 Å². The number of rotatable bonds is 5. The third kappa shape index (κ3) is 5.35. The number of ether oxygens (including phenoxy) is 1. The molecule has 13 heteroatoms. The number of carbonyl (C=O) groups is 2. The van der Waals surface area contributed by atoms with Gasteiger partial charge in [0, 0.05) is 0 Å². The Morgan fingerprint density at radius 3 is 2.26 bits per heavy atom. The standard InChI is InChI=1S/C22H13Cl3IN5O4/c23-16-7-4-8-17(24)19(16)30-22(34)31(28-27-30)21(33)29(26)14-9-10-15(18(25)11-14)20(32)35-12-13-5-2-1-3-6-13/h1-11H,12H2. The highest BCUT2D eigenvalue weighted by Crippen LogP contribution is 2.28. The van der Waals surface area contributed by atoms with Crippen molar-refractivity contribution < 1.29 is 14.3 Å². The minimum atomic E-state index is -0.876. The maximum Gasteiger partial charge on any atom is 0.377 e. The van der Waals surface area contributed by atoms with Crippen molar-refractivity contribution in [1.82, 2.24) is 19.8 Å². The van der Waals surface area contributed by atoms with Gasteiger partial charge >= 0.3 is 17.7 Å². The quantitative estimate of drug-likeness (QED) is 0.122. The van der Waals surface area contributed by atoms with E-state index >= 15 is 0 Å². The molecule has 0 unspecified atom stereocenters. The number of benzene rings is 3. The van der Waals surface area contributed by atoms with Gasteiger partial charge in [0.1, 0.15) is 12.3 Å². The molecule has 0 aliphatic rings. The van der Waals surface area contributed by atoms with Gasteiger partial charge in [-0.05, 0) is 46.3 Å². The molecule has 0 aliphatic carbocycles. The first-order chi connectivity index (χ1) is 16.8. The molecule has 0 aliphatic heterocycles. The third-order valence-electron chi connectivity index (χ3n) is 4.69. The molecule has 0 spiro atoms. The van der Waals surface area contributed by atoms with E-state index < -0.39 is 17.7 Å². The molecular weight excluding hydrogens is 632 g/mol. The highest BCUT2D eigenvalue weighted by atomic mass is 127. The van der Waals surface area contributed by atoms with E-state index in [9.17, 15) is 14.4 Å². The summed E-state index contributed by atoms with van der Waals surface area (Å²) in [5.74, 6) is -0.618. The first-order valence-electron chi connectivity index (χ1n) is 9.78. The summed E-state index contributed by atoms with van der Waals surface area (Å²) in [6.45, 7) is 0.0860. The Morgan fingerprint density at radius 2 is 1.60 bits per heavy atom. The second-order valence-electron chi connectivity index (χ2n) is 6.94. The number of nitrogens with zero attached hydrogens (tertiary/aromatic N) is 5.